The van der Waals surface area contributed by atoms with Crippen molar-refractivity contribution in [2.75, 3.05) is 5.73 Å². The van der Waals surface area contributed by atoms with Crippen LogP contribution in [0.25, 0.3) is 0 Å². The minimum Gasteiger partial charge on any atom is -0.481 e. The van der Waals surface area contributed by atoms with Crippen LogP contribution in [-0.4, -0.2) is 11.1 Å². The summed E-state index contributed by atoms with van der Waals surface area (Å²) >= 11 is 3.30. The van der Waals surface area contributed by atoms with Gasteiger partial charge in [0.2, 0.25) is 0 Å². The second kappa shape index (κ2) is 4.28. The van der Waals surface area contributed by atoms with Gasteiger partial charge in [0, 0.05) is 16.6 Å². The van der Waals surface area contributed by atoms with Crippen LogP contribution in [0.2, 0.25) is 0 Å². The second-order valence-electron chi connectivity index (χ2n) is 2.74. The molecule has 0 bridgehead atoms. The molecule has 0 radical (unpaired) electrons. The number of carboxylic acid groups (broad SMARTS) is 1. The minimum absolute atomic E-state index is 0.112. The molecule has 3 N–H and O–H groups in total. The fraction of sp³-hybridized carbons (Fsp3) is 0.222. The lowest BCUT2D eigenvalue weighted by Crippen LogP contribution is -2.00. The van der Waals surface area contributed by atoms with Gasteiger partial charge in [-0.2, -0.15) is 0 Å². The van der Waals surface area contributed by atoms with Crippen LogP contribution < -0.4 is 5.73 Å². The van der Waals surface area contributed by atoms with Crippen molar-refractivity contribution in [2.45, 2.75) is 12.8 Å². The van der Waals surface area contributed by atoms with Gasteiger partial charge in [-0.05, 0) is 30.2 Å². The molecule has 13 heavy (non-hydrogen) atoms. The standard InChI is InChI=1S/C9H10BrNO2/c10-7-2-3-8(11)6(5-7)1-4-9(12)13/h2-3,5H,1,4,11H2,(H,12,13). The Labute approximate surface area is 84.7 Å². The number of benzene rings is 1. The van der Waals surface area contributed by atoms with Crippen molar-refractivity contribution in [3.63, 3.8) is 0 Å². The second-order valence-corrected chi connectivity index (χ2v) is 3.65. The Morgan fingerprint density at radius 1 is 1.54 bits per heavy atom. The summed E-state index contributed by atoms with van der Waals surface area (Å²) in [6.07, 6.45) is 0.585. The number of carboxylic acids is 1. The molecular weight excluding hydrogens is 234 g/mol. The summed E-state index contributed by atoms with van der Waals surface area (Å²) in [5.74, 6) is -0.806. The number of nitrogens with two attached hydrogens (primary N) is 1. The van der Waals surface area contributed by atoms with E-state index >= 15 is 0 Å². The summed E-state index contributed by atoms with van der Waals surface area (Å²) in [6.45, 7) is 0. The molecule has 0 saturated carbocycles. The monoisotopic (exact) mass is 243 g/mol. The van der Waals surface area contributed by atoms with Crippen LogP contribution in [-0.2, 0) is 11.2 Å². The highest BCUT2D eigenvalue weighted by atomic mass is 79.9. The molecule has 0 aliphatic rings. The number of carbonyl (C=O) groups is 1. The summed E-state index contributed by atoms with van der Waals surface area (Å²) < 4.78 is 0.919. The molecular formula is C9H10BrNO2. The maximum absolute atomic E-state index is 10.3. The molecule has 0 unspecified atom stereocenters. The van der Waals surface area contributed by atoms with Crippen LogP contribution in [0.3, 0.4) is 0 Å². The van der Waals surface area contributed by atoms with Crippen LogP contribution >= 0.6 is 15.9 Å². The third-order valence-corrected chi connectivity index (χ3v) is 2.21. The molecule has 1 aromatic rings. The summed E-state index contributed by atoms with van der Waals surface area (Å²) in [7, 11) is 0. The molecule has 3 nitrogen and oxygen atoms in total. The van der Waals surface area contributed by atoms with E-state index in [1.807, 2.05) is 12.1 Å². The summed E-state index contributed by atoms with van der Waals surface area (Å²) in [5, 5.41) is 8.48. The maximum Gasteiger partial charge on any atom is 0.303 e. The first-order valence-corrected chi connectivity index (χ1v) is 4.64. The average Bonchev–Trinajstić information content (AvgIpc) is 2.06. The van der Waals surface area contributed by atoms with E-state index in [2.05, 4.69) is 15.9 Å². The van der Waals surface area contributed by atoms with Crippen LogP contribution in [0.15, 0.2) is 22.7 Å². The molecule has 0 aromatic heterocycles. The molecule has 0 spiro atoms. The van der Waals surface area contributed by atoms with Crippen molar-refractivity contribution in [3.05, 3.63) is 28.2 Å². The van der Waals surface area contributed by atoms with E-state index in [1.54, 1.807) is 6.07 Å². The van der Waals surface area contributed by atoms with Crippen molar-refractivity contribution in [3.8, 4) is 0 Å². The predicted octanol–water partition coefficient (Wildman–Crippen LogP) is 2.05. The van der Waals surface area contributed by atoms with Crippen molar-refractivity contribution in [1.29, 1.82) is 0 Å². The topological polar surface area (TPSA) is 63.3 Å². The van der Waals surface area contributed by atoms with E-state index in [9.17, 15) is 4.79 Å². The number of hydrogen-bond donors (Lipinski definition) is 2. The Balaban J connectivity index is 2.75. The number of aryl methyl sites for hydroxylation is 1. The zero-order chi connectivity index (χ0) is 9.84. The van der Waals surface area contributed by atoms with E-state index < -0.39 is 5.97 Å². The molecule has 1 aromatic carbocycles. The molecule has 0 heterocycles. The molecule has 1 rings (SSSR count). The highest BCUT2D eigenvalue weighted by Crippen LogP contribution is 2.19. The summed E-state index contributed by atoms with van der Waals surface area (Å²) in [4.78, 5) is 10.3. The van der Waals surface area contributed by atoms with Gasteiger partial charge >= 0.3 is 5.97 Å². The number of nitrogen functional groups attached to an aromatic ring is 1. The third-order valence-electron chi connectivity index (χ3n) is 1.71. The first-order chi connectivity index (χ1) is 6.09. The van der Waals surface area contributed by atoms with Crippen LogP contribution in [0.5, 0.6) is 0 Å². The Morgan fingerprint density at radius 2 is 2.23 bits per heavy atom. The Bertz CT molecular complexity index is 325. The largest absolute Gasteiger partial charge is 0.481 e. The zero-order valence-corrected chi connectivity index (χ0v) is 8.54. The van der Waals surface area contributed by atoms with Crippen molar-refractivity contribution in [1.82, 2.24) is 0 Å². The Hall–Kier alpha value is -1.03. The van der Waals surface area contributed by atoms with Crippen molar-refractivity contribution in [2.24, 2.45) is 0 Å². The number of anilines is 1. The number of aliphatic carboxylic acids is 1. The van der Waals surface area contributed by atoms with Gasteiger partial charge in [0.1, 0.15) is 0 Å². The van der Waals surface area contributed by atoms with E-state index in [1.165, 1.54) is 0 Å². The zero-order valence-electron chi connectivity index (χ0n) is 6.96. The van der Waals surface area contributed by atoms with E-state index in [-0.39, 0.29) is 6.42 Å². The van der Waals surface area contributed by atoms with E-state index in [4.69, 9.17) is 10.8 Å². The highest BCUT2D eigenvalue weighted by Gasteiger charge is 2.03. The van der Waals surface area contributed by atoms with Gasteiger partial charge in [0.15, 0.2) is 0 Å². The lowest BCUT2D eigenvalue weighted by molar-refractivity contribution is -0.136. The van der Waals surface area contributed by atoms with Gasteiger partial charge in [-0.3, -0.25) is 4.79 Å². The number of halogens is 1. The first kappa shape index (κ1) is 10.1. The number of rotatable bonds is 3. The highest BCUT2D eigenvalue weighted by molar-refractivity contribution is 9.10. The average molecular weight is 244 g/mol. The molecule has 0 aliphatic heterocycles. The lowest BCUT2D eigenvalue weighted by atomic mass is 10.1. The Kier molecular flexibility index (Phi) is 3.31. The van der Waals surface area contributed by atoms with Gasteiger partial charge in [-0.25, -0.2) is 0 Å². The molecule has 0 fully saturated rings. The lowest BCUT2D eigenvalue weighted by Gasteiger charge is -2.03. The van der Waals surface area contributed by atoms with Gasteiger partial charge in [0.05, 0.1) is 0 Å². The minimum atomic E-state index is -0.806. The normalized spacial score (nSPS) is 9.92. The molecule has 0 saturated heterocycles. The predicted molar refractivity (Wildman–Crippen MR) is 54.5 cm³/mol. The smallest absolute Gasteiger partial charge is 0.303 e. The fourth-order valence-electron chi connectivity index (χ4n) is 1.03. The molecule has 0 amide bonds. The molecule has 0 atom stereocenters. The van der Waals surface area contributed by atoms with E-state index in [0.717, 1.165) is 10.0 Å². The maximum atomic E-state index is 10.3. The summed E-state index contributed by atoms with van der Waals surface area (Å²) in [5.41, 5.74) is 7.18. The van der Waals surface area contributed by atoms with Gasteiger partial charge in [0.25, 0.3) is 0 Å². The SMILES string of the molecule is Nc1ccc(Br)cc1CCC(=O)O. The molecule has 0 aliphatic carbocycles. The Morgan fingerprint density at radius 3 is 2.85 bits per heavy atom. The van der Waals surface area contributed by atoms with Gasteiger partial charge < -0.3 is 10.8 Å². The molecule has 4 heteroatoms. The van der Waals surface area contributed by atoms with Crippen LogP contribution in [0, 0.1) is 0 Å². The van der Waals surface area contributed by atoms with Crippen molar-refractivity contribution < 1.29 is 9.90 Å². The first-order valence-electron chi connectivity index (χ1n) is 3.85. The van der Waals surface area contributed by atoms with Crippen molar-refractivity contribution >= 4 is 27.6 Å². The number of hydrogen-bond acceptors (Lipinski definition) is 2. The van der Waals surface area contributed by atoms with E-state index in [0.29, 0.717) is 12.1 Å². The van der Waals surface area contributed by atoms with Gasteiger partial charge in [-0.15, -0.1) is 0 Å². The molecule has 70 valence electrons. The van der Waals surface area contributed by atoms with Crippen LogP contribution in [0.4, 0.5) is 5.69 Å². The van der Waals surface area contributed by atoms with Crippen LogP contribution in [0.1, 0.15) is 12.0 Å². The van der Waals surface area contributed by atoms with Gasteiger partial charge in [-0.1, -0.05) is 15.9 Å². The third kappa shape index (κ3) is 3.06. The summed E-state index contributed by atoms with van der Waals surface area (Å²) in [6, 6.07) is 5.44. The quantitative estimate of drug-likeness (QED) is 0.800. The fourth-order valence-corrected chi connectivity index (χ4v) is 1.44.